The van der Waals surface area contributed by atoms with Crippen LogP contribution >= 0.6 is 0 Å². The molecule has 1 heterocycles. The number of pyridine rings is 1. The summed E-state index contributed by atoms with van der Waals surface area (Å²) >= 11 is 0. The van der Waals surface area contributed by atoms with Crippen molar-refractivity contribution in [2.75, 3.05) is 5.32 Å². The van der Waals surface area contributed by atoms with Gasteiger partial charge >= 0.3 is 0 Å². The summed E-state index contributed by atoms with van der Waals surface area (Å²) in [6.07, 6.45) is 5.71. The van der Waals surface area contributed by atoms with Gasteiger partial charge in [-0.05, 0) is 47.2 Å². The van der Waals surface area contributed by atoms with Crippen LogP contribution in [0.15, 0.2) is 60.8 Å². The Morgan fingerprint density at radius 2 is 1.83 bits per heavy atom. The minimum absolute atomic E-state index is 0.120. The van der Waals surface area contributed by atoms with Gasteiger partial charge in [0.1, 0.15) is 5.82 Å². The van der Waals surface area contributed by atoms with Crippen molar-refractivity contribution < 1.29 is 4.79 Å². The maximum Gasteiger partial charge on any atom is 0.257 e. The van der Waals surface area contributed by atoms with E-state index in [9.17, 15) is 4.79 Å². The summed E-state index contributed by atoms with van der Waals surface area (Å²) in [5.74, 6) is 1.14. The van der Waals surface area contributed by atoms with Crippen LogP contribution < -0.4 is 5.32 Å². The Labute approximate surface area is 135 Å². The number of nitrogens with one attached hydrogen (secondary N) is 1. The molecule has 3 nitrogen and oxygen atoms in total. The van der Waals surface area contributed by atoms with E-state index in [0.717, 1.165) is 10.8 Å². The van der Waals surface area contributed by atoms with Crippen molar-refractivity contribution >= 4 is 22.5 Å². The molecule has 1 aromatic heterocycles. The van der Waals surface area contributed by atoms with Gasteiger partial charge in [-0.3, -0.25) is 4.79 Å². The fourth-order valence-electron chi connectivity index (χ4n) is 3.07. The average molecular weight is 302 g/mol. The van der Waals surface area contributed by atoms with E-state index in [0.29, 0.717) is 17.3 Å². The molecule has 4 rings (SSSR count). The van der Waals surface area contributed by atoms with Crippen molar-refractivity contribution in [3.8, 4) is 0 Å². The molecule has 114 valence electrons. The maximum atomic E-state index is 12.6. The van der Waals surface area contributed by atoms with Gasteiger partial charge < -0.3 is 5.32 Å². The topological polar surface area (TPSA) is 42.0 Å². The molecule has 1 N–H and O–H groups in total. The van der Waals surface area contributed by atoms with Crippen molar-refractivity contribution in [3.63, 3.8) is 0 Å². The molecule has 0 bridgehead atoms. The Kier molecular flexibility index (Phi) is 3.54. The van der Waals surface area contributed by atoms with Gasteiger partial charge in [0, 0.05) is 11.8 Å². The Morgan fingerprint density at radius 3 is 2.57 bits per heavy atom. The van der Waals surface area contributed by atoms with Gasteiger partial charge in [-0.15, -0.1) is 0 Å². The highest BCUT2D eigenvalue weighted by atomic mass is 16.1. The zero-order chi connectivity index (χ0) is 15.6. The molecule has 1 saturated carbocycles. The van der Waals surface area contributed by atoms with E-state index in [-0.39, 0.29) is 5.91 Å². The van der Waals surface area contributed by atoms with Crippen molar-refractivity contribution in [1.82, 2.24) is 4.98 Å². The molecule has 3 aromatic rings. The van der Waals surface area contributed by atoms with Gasteiger partial charge in [0.25, 0.3) is 5.91 Å². The summed E-state index contributed by atoms with van der Waals surface area (Å²) < 4.78 is 0. The molecule has 0 aliphatic heterocycles. The molecule has 23 heavy (non-hydrogen) atoms. The second-order valence-electron chi connectivity index (χ2n) is 6.09. The monoisotopic (exact) mass is 302 g/mol. The quantitative estimate of drug-likeness (QED) is 0.758. The van der Waals surface area contributed by atoms with Gasteiger partial charge in [0.2, 0.25) is 0 Å². The standard InChI is InChI=1S/C20H18N2O/c23-20(18-10-4-8-15-5-1-2-9-17(15)18)22-19-12-11-16(13-21-19)14-6-3-7-14/h1-2,4-5,8-14H,3,6-7H2,(H,21,22,23). The largest absolute Gasteiger partial charge is 0.307 e. The van der Waals surface area contributed by atoms with E-state index < -0.39 is 0 Å². The van der Waals surface area contributed by atoms with Crippen molar-refractivity contribution in [1.29, 1.82) is 0 Å². The van der Waals surface area contributed by atoms with E-state index in [1.165, 1.54) is 24.8 Å². The zero-order valence-electron chi connectivity index (χ0n) is 12.8. The number of aromatic nitrogens is 1. The Morgan fingerprint density at radius 1 is 1.00 bits per heavy atom. The average Bonchev–Trinajstić information content (AvgIpc) is 2.54. The third-order valence-electron chi connectivity index (χ3n) is 4.64. The number of benzene rings is 2. The lowest BCUT2D eigenvalue weighted by molar-refractivity contribution is 0.102. The Bertz CT molecular complexity index is 846. The molecule has 3 heteroatoms. The molecular formula is C20H18N2O. The minimum Gasteiger partial charge on any atom is -0.307 e. The van der Waals surface area contributed by atoms with Gasteiger partial charge in [-0.2, -0.15) is 0 Å². The van der Waals surface area contributed by atoms with E-state index in [4.69, 9.17) is 0 Å². The minimum atomic E-state index is -0.120. The summed E-state index contributed by atoms with van der Waals surface area (Å²) in [6.45, 7) is 0. The molecule has 0 radical (unpaired) electrons. The van der Waals surface area contributed by atoms with Crippen LogP contribution in [0.2, 0.25) is 0 Å². The van der Waals surface area contributed by atoms with Gasteiger partial charge in [0.15, 0.2) is 0 Å². The number of anilines is 1. The predicted molar refractivity (Wildman–Crippen MR) is 92.7 cm³/mol. The first kappa shape index (κ1) is 13.9. The maximum absolute atomic E-state index is 12.6. The van der Waals surface area contributed by atoms with E-state index in [1.807, 2.05) is 54.7 Å². The second-order valence-corrected chi connectivity index (χ2v) is 6.09. The molecule has 1 aliphatic rings. The van der Waals surface area contributed by atoms with Gasteiger partial charge in [0.05, 0.1) is 0 Å². The molecule has 1 fully saturated rings. The first-order valence-electron chi connectivity index (χ1n) is 8.06. The first-order valence-corrected chi connectivity index (χ1v) is 8.06. The van der Waals surface area contributed by atoms with Crippen LogP contribution in [0.25, 0.3) is 10.8 Å². The van der Waals surface area contributed by atoms with Crippen molar-refractivity contribution in [2.24, 2.45) is 0 Å². The molecular weight excluding hydrogens is 284 g/mol. The summed E-state index contributed by atoms with van der Waals surface area (Å²) in [5, 5.41) is 4.92. The van der Waals surface area contributed by atoms with E-state index in [1.54, 1.807) is 0 Å². The van der Waals surface area contributed by atoms with E-state index >= 15 is 0 Å². The molecule has 1 aliphatic carbocycles. The van der Waals surface area contributed by atoms with Gasteiger partial charge in [-0.1, -0.05) is 48.9 Å². The van der Waals surface area contributed by atoms with E-state index in [2.05, 4.69) is 16.4 Å². The predicted octanol–water partition coefficient (Wildman–Crippen LogP) is 4.75. The fourth-order valence-corrected chi connectivity index (χ4v) is 3.07. The summed E-state index contributed by atoms with van der Waals surface area (Å²) in [5.41, 5.74) is 1.95. The third-order valence-corrected chi connectivity index (χ3v) is 4.64. The molecule has 2 aromatic carbocycles. The van der Waals surface area contributed by atoms with Crippen LogP contribution in [-0.2, 0) is 0 Å². The number of hydrogen-bond acceptors (Lipinski definition) is 2. The van der Waals surface area contributed by atoms with Crippen LogP contribution in [0.1, 0.15) is 41.1 Å². The fraction of sp³-hybridized carbons (Fsp3) is 0.200. The number of nitrogens with zero attached hydrogens (tertiary/aromatic N) is 1. The first-order chi connectivity index (χ1) is 11.3. The molecule has 1 amide bonds. The van der Waals surface area contributed by atoms with Crippen LogP contribution in [0, 0.1) is 0 Å². The van der Waals surface area contributed by atoms with Crippen LogP contribution in [0.3, 0.4) is 0 Å². The summed E-state index contributed by atoms with van der Waals surface area (Å²) in [6, 6.07) is 17.7. The molecule has 0 unspecified atom stereocenters. The third kappa shape index (κ3) is 2.70. The van der Waals surface area contributed by atoms with Crippen LogP contribution in [0.4, 0.5) is 5.82 Å². The highest BCUT2D eigenvalue weighted by molar-refractivity contribution is 6.12. The molecule has 0 saturated heterocycles. The lowest BCUT2D eigenvalue weighted by Crippen LogP contribution is -2.14. The lowest BCUT2D eigenvalue weighted by Gasteiger charge is -2.25. The number of carbonyl (C=O) groups is 1. The van der Waals surface area contributed by atoms with Gasteiger partial charge in [-0.25, -0.2) is 4.98 Å². The van der Waals surface area contributed by atoms with Crippen molar-refractivity contribution in [3.05, 3.63) is 71.9 Å². The SMILES string of the molecule is O=C(Nc1ccc(C2CCC2)cn1)c1cccc2ccccc12. The highest BCUT2D eigenvalue weighted by Crippen LogP contribution is 2.36. The number of fused-ring (bicyclic) bond motifs is 1. The lowest BCUT2D eigenvalue weighted by atomic mass is 9.81. The van der Waals surface area contributed by atoms with Crippen molar-refractivity contribution in [2.45, 2.75) is 25.2 Å². The number of hydrogen-bond donors (Lipinski definition) is 1. The number of rotatable bonds is 3. The number of amides is 1. The molecule has 0 atom stereocenters. The summed E-state index contributed by atoms with van der Waals surface area (Å²) in [4.78, 5) is 17.0. The zero-order valence-corrected chi connectivity index (χ0v) is 12.8. The Hall–Kier alpha value is -2.68. The summed E-state index contributed by atoms with van der Waals surface area (Å²) in [7, 11) is 0. The van der Waals surface area contributed by atoms with Crippen LogP contribution in [0.5, 0.6) is 0 Å². The Balaban J connectivity index is 1.57. The smallest absolute Gasteiger partial charge is 0.257 e. The highest BCUT2D eigenvalue weighted by Gasteiger charge is 2.19. The number of carbonyl (C=O) groups excluding carboxylic acids is 1. The normalized spacial score (nSPS) is 14.4. The second kappa shape index (κ2) is 5.84. The molecule has 0 spiro atoms. The van der Waals surface area contributed by atoms with Crippen LogP contribution in [-0.4, -0.2) is 10.9 Å².